The molecule has 1 aliphatic rings. The van der Waals surface area contributed by atoms with Crippen molar-refractivity contribution in [3.8, 4) is 0 Å². The van der Waals surface area contributed by atoms with Crippen molar-refractivity contribution in [1.82, 2.24) is 9.78 Å². The molecule has 84 valence electrons. The normalized spacial score (nSPS) is 18.1. The first-order valence-electron chi connectivity index (χ1n) is 5.99. The zero-order chi connectivity index (χ0) is 10.8. The fourth-order valence-electron chi connectivity index (χ4n) is 2.15. The van der Waals surface area contributed by atoms with E-state index in [4.69, 9.17) is 5.73 Å². The van der Waals surface area contributed by atoms with Crippen LogP contribution in [-0.4, -0.2) is 15.8 Å². The molecular weight excluding hydrogens is 186 g/mol. The molecule has 1 aromatic rings. The van der Waals surface area contributed by atoms with Gasteiger partial charge in [0.2, 0.25) is 0 Å². The van der Waals surface area contributed by atoms with Gasteiger partial charge in [0.1, 0.15) is 0 Å². The number of nitrogens with two attached hydrogens (primary N) is 1. The fraction of sp³-hybridized carbons (Fsp3) is 0.750. The zero-order valence-corrected chi connectivity index (χ0v) is 9.74. The van der Waals surface area contributed by atoms with Gasteiger partial charge in [0, 0.05) is 18.3 Å². The Morgan fingerprint density at radius 2 is 2.33 bits per heavy atom. The van der Waals surface area contributed by atoms with Gasteiger partial charge in [0.05, 0.1) is 5.69 Å². The molecular formula is C12H21N3. The van der Waals surface area contributed by atoms with Crippen LogP contribution in [0.4, 0.5) is 0 Å². The highest BCUT2D eigenvalue weighted by atomic mass is 15.3. The molecule has 0 aliphatic heterocycles. The van der Waals surface area contributed by atoms with Crippen LogP contribution in [0.3, 0.4) is 0 Å². The summed E-state index contributed by atoms with van der Waals surface area (Å²) < 4.78 is 2.09. The van der Waals surface area contributed by atoms with Crippen molar-refractivity contribution in [3.05, 3.63) is 17.5 Å². The van der Waals surface area contributed by atoms with E-state index in [1.807, 2.05) is 0 Å². The molecule has 0 bridgehead atoms. The third-order valence-corrected chi connectivity index (χ3v) is 3.25. The zero-order valence-electron chi connectivity index (χ0n) is 9.74. The van der Waals surface area contributed by atoms with E-state index in [9.17, 15) is 0 Å². The predicted molar refractivity (Wildman–Crippen MR) is 61.7 cm³/mol. The molecule has 1 atom stereocenters. The van der Waals surface area contributed by atoms with Crippen LogP contribution in [0.15, 0.2) is 6.07 Å². The monoisotopic (exact) mass is 207 g/mol. The summed E-state index contributed by atoms with van der Waals surface area (Å²) in [5.74, 6) is 0.809. The van der Waals surface area contributed by atoms with Crippen LogP contribution in [0.2, 0.25) is 0 Å². The summed E-state index contributed by atoms with van der Waals surface area (Å²) in [7, 11) is 0. The van der Waals surface area contributed by atoms with Gasteiger partial charge in [-0.2, -0.15) is 5.10 Å². The van der Waals surface area contributed by atoms with Crippen LogP contribution < -0.4 is 5.73 Å². The van der Waals surface area contributed by atoms with E-state index < -0.39 is 0 Å². The van der Waals surface area contributed by atoms with Crippen LogP contribution >= 0.6 is 0 Å². The van der Waals surface area contributed by atoms with Gasteiger partial charge in [0.25, 0.3) is 0 Å². The minimum Gasteiger partial charge on any atom is -0.327 e. The SMILES string of the molecule is CCn1nc(C)cc1CCC(N)C1CC1. The molecule has 0 radical (unpaired) electrons. The van der Waals surface area contributed by atoms with Gasteiger partial charge >= 0.3 is 0 Å². The van der Waals surface area contributed by atoms with E-state index in [1.165, 1.54) is 18.5 Å². The molecule has 0 spiro atoms. The van der Waals surface area contributed by atoms with Crippen LogP contribution in [0.25, 0.3) is 0 Å². The first-order chi connectivity index (χ1) is 7.20. The van der Waals surface area contributed by atoms with Crippen LogP contribution in [0.1, 0.15) is 37.6 Å². The predicted octanol–water partition coefficient (Wildman–Crippen LogP) is 1.88. The molecule has 1 unspecified atom stereocenters. The van der Waals surface area contributed by atoms with E-state index in [0.29, 0.717) is 6.04 Å². The smallest absolute Gasteiger partial charge is 0.0596 e. The topological polar surface area (TPSA) is 43.8 Å². The average Bonchev–Trinajstić information content (AvgIpc) is 2.99. The molecule has 3 nitrogen and oxygen atoms in total. The maximum Gasteiger partial charge on any atom is 0.0596 e. The van der Waals surface area contributed by atoms with Gasteiger partial charge in [-0.3, -0.25) is 4.68 Å². The highest BCUT2D eigenvalue weighted by Gasteiger charge is 2.28. The second-order valence-electron chi connectivity index (χ2n) is 4.63. The van der Waals surface area contributed by atoms with Crippen molar-refractivity contribution >= 4 is 0 Å². The summed E-state index contributed by atoms with van der Waals surface area (Å²) in [5.41, 5.74) is 8.55. The molecule has 0 saturated heterocycles. The molecule has 1 aliphatic carbocycles. The van der Waals surface area contributed by atoms with E-state index in [-0.39, 0.29) is 0 Å². The number of hydrogen-bond donors (Lipinski definition) is 1. The number of hydrogen-bond acceptors (Lipinski definition) is 2. The number of rotatable bonds is 5. The van der Waals surface area contributed by atoms with Crippen molar-refractivity contribution in [1.29, 1.82) is 0 Å². The van der Waals surface area contributed by atoms with Gasteiger partial charge < -0.3 is 5.73 Å². The largest absolute Gasteiger partial charge is 0.327 e. The minimum absolute atomic E-state index is 0.408. The molecule has 1 fully saturated rings. The molecule has 2 rings (SSSR count). The summed E-state index contributed by atoms with van der Waals surface area (Å²) in [5, 5.41) is 4.44. The maximum atomic E-state index is 6.10. The van der Waals surface area contributed by atoms with E-state index in [1.54, 1.807) is 0 Å². The van der Waals surface area contributed by atoms with Gasteiger partial charge in [-0.1, -0.05) is 0 Å². The van der Waals surface area contributed by atoms with Crippen LogP contribution in [0, 0.1) is 12.8 Å². The Balaban J connectivity index is 1.91. The third-order valence-electron chi connectivity index (χ3n) is 3.25. The second-order valence-corrected chi connectivity index (χ2v) is 4.63. The standard InChI is InChI=1S/C12H21N3/c1-3-15-11(8-9(2)14-15)6-7-12(13)10-4-5-10/h8,10,12H,3-7,13H2,1-2H3. The van der Waals surface area contributed by atoms with Crippen LogP contribution in [0.5, 0.6) is 0 Å². The molecule has 0 aromatic carbocycles. The first-order valence-corrected chi connectivity index (χ1v) is 5.99. The second kappa shape index (κ2) is 4.35. The van der Waals surface area contributed by atoms with Crippen molar-refractivity contribution in [2.45, 2.75) is 52.1 Å². The maximum absolute atomic E-state index is 6.10. The van der Waals surface area contributed by atoms with E-state index in [2.05, 4.69) is 29.7 Å². The fourth-order valence-corrected chi connectivity index (χ4v) is 2.15. The molecule has 0 amide bonds. The van der Waals surface area contributed by atoms with Crippen molar-refractivity contribution in [2.75, 3.05) is 0 Å². The van der Waals surface area contributed by atoms with Crippen molar-refractivity contribution in [2.24, 2.45) is 11.7 Å². The molecule has 15 heavy (non-hydrogen) atoms. The Morgan fingerprint density at radius 1 is 1.60 bits per heavy atom. The quantitative estimate of drug-likeness (QED) is 0.801. The summed E-state index contributed by atoms with van der Waals surface area (Å²) >= 11 is 0. The Hall–Kier alpha value is -0.830. The summed E-state index contributed by atoms with van der Waals surface area (Å²) in [6, 6.07) is 2.59. The highest BCUT2D eigenvalue weighted by molar-refractivity contribution is 5.09. The molecule has 1 saturated carbocycles. The summed E-state index contributed by atoms with van der Waals surface area (Å²) in [6.07, 6.45) is 4.86. The summed E-state index contributed by atoms with van der Waals surface area (Å²) in [4.78, 5) is 0. The number of aryl methyl sites for hydroxylation is 3. The Morgan fingerprint density at radius 3 is 2.93 bits per heavy atom. The van der Waals surface area contributed by atoms with E-state index in [0.717, 1.165) is 31.0 Å². The van der Waals surface area contributed by atoms with Gasteiger partial charge in [-0.15, -0.1) is 0 Å². The number of aromatic nitrogens is 2. The number of nitrogens with zero attached hydrogens (tertiary/aromatic N) is 2. The van der Waals surface area contributed by atoms with Gasteiger partial charge in [-0.25, -0.2) is 0 Å². The lowest BCUT2D eigenvalue weighted by Crippen LogP contribution is -2.23. The highest BCUT2D eigenvalue weighted by Crippen LogP contribution is 2.33. The van der Waals surface area contributed by atoms with Gasteiger partial charge in [0.15, 0.2) is 0 Å². The Kier molecular flexibility index (Phi) is 3.10. The Bertz CT molecular complexity index is 326. The summed E-state index contributed by atoms with van der Waals surface area (Å²) in [6.45, 7) is 5.15. The molecule has 1 aromatic heterocycles. The lowest BCUT2D eigenvalue weighted by molar-refractivity contribution is 0.527. The molecule has 1 heterocycles. The van der Waals surface area contributed by atoms with Crippen molar-refractivity contribution < 1.29 is 0 Å². The van der Waals surface area contributed by atoms with E-state index >= 15 is 0 Å². The lowest BCUT2D eigenvalue weighted by atomic mass is 10.1. The molecule has 3 heteroatoms. The van der Waals surface area contributed by atoms with Crippen molar-refractivity contribution in [3.63, 3.8) is 0 Å². The molecule has 2 N–H and O–H groups in total. The van der Waals surface area contributed by atoms with Crippen LogP contribution in [-0.2, 0) is 13.0 Å². The first kappa shape index (κ1) is 10.7. The Labute approximate surface area is 91.7 Å². The average molecular weight is 207 g/mol. The van der Waals surface area contributed by atoms with Gasteiger partial charge in [-0.05, 0) is 51.5 Å². The third kappa shape index (κ3) is 2.59. The lowest BCUT2D eigenvalue weighted by Gasteiger charge is -2.10. The minimum atomic E-state index is 0.408.